The number of aliphatic hydroxyl groups excluding tert-OH is 1. The summed E-state index contributed by atoms with van der Waals surface area (Å²) in [6, 6.07) is 9.89. The molecule has 18 heavy (non-hydrogen) atoms. The molecule has 0 fully saturated rings. The number of halogens is 3. The Balaban J connectivity index is 2.18. The second-order valence-electron chi connectivity index (χ2n) is 4.01. The molecule has 0 amide bonds. The Morgan fingerprint density at radius 3 is 2.39 bits per heavy atom. The summed E-state index contributed by atoms with van der Waals surface area (Å²) in [5.41, 5.74) is 0.764. The van der Waals surface area contributed by atoms with Crippen LogP contribution in [0.1, 0.15) is 17.2 Å². The van der Waals surface area contributed by atoms with Crippen LogP contribution in [0.25, 0.3) is 0 Å². The standard InChI is InChI=1S/C14H11ClF2O/c15-10-3-1-9(2-4-10)7-14(18)12-8-11(16)5-6-13(12)17/h1-6,8,14,18H,7H2. The molecule has 2 aromatic carbocycles. The highest BCUT2D eigenvalue weighted by Gasteiger charge is 2.14. The van der Waals surface area contributed by atoms with Crippen LogP contribution in [-0.4, -0.2) is 5.11 Å². The molecule has 1 N–H and O–H groups in total. The zero-order chi connectivity index (χ0) is 13.1. The molecule has 94 valence electrons. The maximum absolute atomic E-state index is 13.4. The summed E-state index contributed by atoms with van der Waals surface area (Å²) in [5, 5.41) is 10.5. The highest BCUT2D eigenvalue weighted by Crippen LogP contribution is 2.22. The van der Waals surface area contributed by atoms with Crippen molar-refractivity contribution >= 4 is 11.6 Å². The summed E-state index contributed by atoms with van der Waals surface area (Å²) in [6.07, 6.45) is -0.876. The van der Waals surface area contributed by atoms with Crippen LogP contribution in [0.4, 0.5) is 8.78 Å². The van der Waals surface area contributed by atoms with E-state index < -0.39 is 17.7 Å². The van der Waals surface area contributed by atoms with Gasteiger partial charge in [-0.25, -0.2) is 8.78 Å². The van der Waals surface area contributed by atoms with E-state index in [-0.39, 0.29) is 12.0 Å². The summed E-state index contributed by atoms with van der Waals surface area (Å²) >= 11 is 5.74. The van der Waals surface area contributed by atoms with Crippen molar-refractivity contribution in [1.29, 1.82) is 0 Å². The molecular formula is C14H11ClF2O. The van der Waals surface area contributed by atoms with Crippen LogP contribution in [0.5, 0.6) is 0 Å². The van der Waals surface area contributed by atoms with Crippen molar-refractivity contribution in [2.45, 2.75) is 12.5 Å². The fraction of sp³-hybridized carbons (Fsp3) is 0.143. The quantitative estimate of drug-likeness (QED) is 0.895. The summed E-state index contributed by atoms with van der Waals surface area (Å²) in [6.45, 7) is 0. The van der Waals surface area contributed by atoms with Crippen molar-refractivity contribution in [3.63, 3.8) is 0 Å². The molecular weight excluding hydrogens is 258 g/mol. The first-order valence-electron chi connectivity index (χ1n) is 5.44. The largest absolute Gasteiger partial charge is 0.388 e. The number of hydrogen-bond donors (Lipinski definition) is 1. The molecule has 0 bridgehead atoms. The van der Waals surface area contributed by atoms with Gasteiger partial charge in [0.15, 0.2) is 0 Å². The second-order valence-corrected chi connectivity index (χ2v) is 4.45. The van der Waals surface area contributed by atoms with Gasteiger partial charge in [0.25, 0.3) is 0 Å². The van der Waals surface area contributed by atoms with Gasteiger partial charge >= 0.3 is 0 Å². The molecule has 0 aliphatic carbocycles. The number of hydrogen-bond acceptors (Lipinski definition) is 1. The van der Waals surface area contributed by atoms with Crippen LogP contribution in [0, 0.1) is 11.6 Å². The minimum absolute atomic E-state index is 0.0371. The molecule has 0 aliphatic heterocycles. The SMILES string of the molecule is OC(Cc1ccc(Cl)cc1)c1cc(F)ccc1F. The first-order valence-corrected chi connectivity index (χ1v) is 5.81. The second kappa shape index (κ2) is 5.46. The molecule has 1 unspecified atom stereocenters. The van der Waals surface area contributed by atoms with E-state index >= 15 is 0 Å². The van der Waals surface area contributed by atoms with Gasteiger partial charge in [-0.1, -0.05) is 23.7 Å². The van der Waals surface area contributed by atoms with Crippen LogP contribution >= 0.6 is 11.6 Å². The van der Waals surface area contributed by atoms with Crippen molar-refractivity contribution in [2.24, 2.45) is 0 Å². The molecule has 0 saturated heterocycles. The topological polar surface area (TPSA) is 20.2 Å². The lowest BCUT2D eigenvalue weighted by Crippen LogP contribution is -2.05. The molecule has 0 aromatic heterocycles. The Morgan fingerprint density at radius 2 is 1.72 bits per heavy atom. The highest BCUT2D eigenvalue weighted by atomic mass is 35.5. The Bertz CT molecular complexity index is 540. The van der Waals surface area contributed by atoms with Crippen molar-refractivity contribution < 1.29 is 13.9 Å². The third kappa shape index (κ3) is 3.06. The van der Waals surface area contributed by atoms with Crippen molar-refractivity contribution in [3.8, 4) is 0 Å². The summed E-state index contributed by atoms with van der Waals surface area (Å²) in [7, 11) is 0. The summed E-state index contributed by atoms with van der Waals surface area (Å²) < 4.78 is 26.4. The van der Waals surface area contributed by atoms with E-state index in [2.05, 4.69) is 0 Å². The van der Waals surface area contributed by atoms with E-state index in [4.69, 9.17) is 11.6 Å². The first-order chi connectivity index (χ1) is 8.56. The maximum atomic E-state index is 13.4. The minimum Gasteiger partial charge on any atom is -0.388 e. The van der Waals surface area contributed by atoms with Gasteiger partial charge in [0.2, 0.25) is 0 Å². The van der Waals surface area contributed by atoms with E-state index in [0.717, 1.165) is 23.8 Å². The average molecular weight is 269 g/mol. The Morgan fingerprint density at radius 1 is 1.06 bits per heavy atom. The number of aliphatic hydroxyl groups is 1. The highest BCUT2D eigenvalue weighted by molar-refractivity contribution is 6.30. The molecule has 0 radical (unpaired) electrons. The van der Waals surface area contributed by atoms with Crippen LogP contribution < -0.4 is 0 Å². The van der Waals surface area contributed by atoms with Gasteiger partial charge < -0.3 is 5.11 Å². The van der Waals surface area contributed by atoms with Gasteiger partial charge in [-0.3, -0.25) is 0 Å². The zero-order valence-corrected chi connectivity index (χ0v) is 10.2. The predicted octanol–water partition coefficient (Wildman–Crippen LogP) is 3.89. The maximum Gasteiger partial charge on any atom is 0.129 e. The van der Waals surface area contributed by atoms with Crippen molar-refractivity contribution in [2.75, 3.05) is 0 Å². The predicted molar refractivity (Wildman–Crippen MR) is 66.5 cm³/mol. The van der Waals surface area contributed by atoms with Crippen LogP contribution in [0.2, 0.25) is 5.02 Å². The monoisotopic (exact) mass is 268 g/mol. The summed E-state index contributed by atoms with van der Waals surface area (Å²) in [4.78, 5) is 0. The van der Waals surface area contributed by atoms with Crippen LogP contribution in [0.15, 0.2) is 42.5 Å². The Labute approximate surface area is 109 Å². The zero-order valence-electron chi connectivity index (χ0n) is 9.41. The molecule has 1 atom stereocenters. The molecule has 0 saturated carbocycles. The Hall–Kier alpha value is -1.45. The smallest absolute Gasteiger partial charge is 0.129 e. The average Bonchev–Trinajstić information content (AvgIpc) is 2.35. The minimum atomic E-state index is -1.08. The lowest BCUT2D eigenvalue weighted by atomic mass is 10.0. The van der Waals surface area contributed by atoms with Crippen molar-refractivity contribution in [1.82, 2.24) is 0 Å². The number of rotatable bonds is 3. The molecule has 1 nitrogen and oxygen atoms in total. The van der Waals surface area contributed by atoms with Crippen molar-refractivity contribution in [3.05, 3.63) is 70.2 Å². The molecule has 4 heteroatoms. The van der Waals surface area contributed by atoms with Gasteiger partial charge in [-0.2, -0.15) is 0 Å². The van der Waals surface area contributed by atoms with Crippen LogP contribution in [-0.2, 0) is 6.42 Å². The van der Waals surface area contributed by atoms with Gasteiger partial charge in [-0.05, 0) is 35.9 Å². The molecule has 0 aliphatic rings. The lowest BCUT2D eigenvalue weighted by molar-refractivity contribution is 0.173. The van der Waals surface area contributed by atoms with Crippen LogP contribution in [0.3, 0.4) is 0 Å². The third-order valence-electron chi connectivity index (χ3n) is 2.66. The molecule has 0 heterocycles. The van der Waals surface area contributed by atoms with Gasteiger partial charge in [0.1, 0.15) is 11.6 Å². The number of benzene rings is 2. The normalized spacial score (nSPS) is 12.4. The van der Waals surface area contributed by atoms with E-state index in [1.54, 1.807) is 24.3 Å². The summed E-state index contributed by atoms with van der Waals surface area (Å²) in [5.74, 6) is -1.18. The molecule has 2 aromatic rings. The fourth-order valence-electron chi connectivity index (χ4n) is 1.72. The van der Waals surface area contributed by atoms with Gasteiger partial charge in [-0.15, -0.1) is 0 Å². The molecule has 2 rings (SSSR count). The van der Waals surface area contributed by atoms with E-state index in [1.165, 1.54) is 0 Å². The van der Waals surface area contributed by atoms with E-state index in [1.807, 2.05) is 0 Å². The third-order valence-corrected chi connectivity index (χ3v) is 2.91. The Kier molecular flexibility index (Phi) is 3.94. The van der Waals surface area contributed by atoms with Gasteiger partial charge in [0.05, 0.1) is 6.10 Å². The molecule has 0 spiro atoms. The van der Waals surface area contributed by atoms with E-state index in [9.17, 15) is 13.9 Å². The fourth-order valence-corrected chi connectivity index (χ4v) is 1.85. The lowest BCUT2D eigenvalue weighted by Gasteiger charge is -2.12. The van der Waals surface area contributed by atoms with Gasteiger partial charge in [0, 0.05) is 17.0 Å². The van der Waals surface area contributed by atoms with E-state index in [0.29, 0.717) is 5.02 Å². The first kappa shape index (κ1) is 13.0.